The fourth-order valence-electron chi connectivity index (χ4n) is 1.29. The smallest absolute Gasteiger partial charge is 0.339 e. The van der Waals surface area contributed by atoms with E-state index in [1.54, 1.807) is 0 Å². The zero-order valence-corrected chi connectivity index (χ0v) is 9.29. The number of phenolic OH excluding ortho intramolecular Hbond substituents is 1. The van der Waals surface area contributed by atoms with Crippen molar-refractivity contribution >= 4 is 17.6 Å². The number of rotatable bonds is 4. The molecule has 0 radical (unpaired) electrons. The topological polar surface area (TPSA) is 118 Å². The first-order chi connectivity index (χ1) is 7.88. The minimum Gasteiger partial charge on any atom is -0.507 e. The van der Waals surface area contributed by atoms with Crippen LogP contribution in [-0.4, -0.2) is 43.5 Å². The molecule has 6 nitrogen and oxygen atoms in total. The summed E-state index contributed by atoms with van der Waals surface area (Å²) in [5, 5.41) is 46.3. The molecular formula is C10H11ClO6. The Labute approximate surface area is 101 Å². The van der Waals surface area contributed by atoms with E-state index >= 15 is 0 Å². The van der Waals surface area contributed by atoms with Gasteiger partial charge < -0.3 is 25.5 Å². The first kappa shape index (κ1) is 13.6. The minimum atomic E-state index is -1.54. The number of hydrogen-bond donors (Lipinski definition) is 5. The maximum Gasteiger partial charge on any atom is 0.339 e. The van der Waals surface area contributed by atoms with Crippen molar-refractivity contribution in [1.29, 1.82) is 0 Å². The Morgan fingerprint density at radius 1 is 1.24 bits per heavy atom. The highest BCUT2D eigenvalue weighted by Gasteiger charge is 2.23. The van der Waals surface area contributed by atoms with Gasteiger partial charge in [-0.15, -0.1) is 11.6 Å². The number of aromatic carboxylic acids is 1. The molecule has 0 aliphatic carbocycles. The molecule has 0 aromatic heterocycles. The van der Waals surface area contributed by atoms with Gasteiger partial charge in [0.05, 0.1) is 12.0 Å². The molecule has 1 rings (SSSR count). The fraction of sp³-hybridized carbons (Fsp3) is 0.300. The van der Waals surface area contributed by atoms with Crippen LogP contribution in [0.25, 0.3) is 0 Å². The van der Waals surface area contributed by atoms with Crippen molar-refractivity contribution in [2.75, 3.05) is 5.88 Å². The number of aliphatic hydroxyl groups excluding tert-OH is 2. The van der Waals surface area contributed by atoms with Crippen molar-refractivity contribution in [3.63, 3.8) is 0 Å². The predicted molar refractivity (Wildman–Crippen MR) is 58.4 cm³/mol. The van der Waals surface area contributed by atoms with Gasteiger partial charge in [0.15, 0.2) is 0 Å². The lowest BCUT2D eigenvalue weighted by Gasteiger charge is -2.17. The lowest BCUT2D eigenvalue weighted by molar-refractivity contribution is 0.0311. The van der Waals surface area contributed by atoms with Crippen molar-refractivity contribution in [3.8, 4) is 11.5 Å². The summed E-state index contributed by atoms with van der Waals surface area (Å²) in [4.78, 5) is 10.7. The molecule has 0 aliphatic rings. The van der Waals surface area contributed by atoms with Crippen LogP contribution < -0.4 is 0 Å². The second-order valence-corrected chi connectivity index (χ2v) is 3.71. The van der Waals surface area contributed by atoms with Gasteiger partial charge in [0.25, 0.3) is 0 Å². The Kier molecular flexibility index (Phi) is 4.17. The number of alkyl halides is 1. The Bertz CT molecular complexity index is 433. The Morgan fingerprint density at radius 2 is 1.82 bits per heavy atom. The van der Waals surface area contributed by atoms with Gasteiger partial charge in [0.1, 0.15) is 23.2 Å². The van der Waals surface area contributed by atoms with E-state index in [-0.39, 0.29) is 11.4 Å². The maximum absolute atomic E-state index is 10.7. The van der Waals surface area contributed by atoms with Crippen molar-refractivity contribution in [2.24, 2.45) is 0 Å². The number of carbonyl (C=O) groups is 1. The summed E-state index contributed by atoms with van der Waals surface area (Å²) in [5.74, 6) is -2.86. The molecule has 7 heteroatoms. The maximum atomic E-state index is 10.7. The van der Waals surface area contributed by atoms with E-state index in [9.17, 15) is 25.2 Å². The van der Waals surface area contributed by atoms with Crippen LogP contribution in [-0.2, 0) is 0 Å². The van der Waals surface area contributed by atoms with E-state index in [1.165, 1.54) is 0 Å². The van der Waals surface area contributed by atoms with Gasteiger partial charge in [-0.3, -0.25) is 0 Å². The Hall–Kier alpha value is -1.50. The van der Waals surface area contributed by atoms with Crippen LogP contribution >= 0.6 is 11.6 Å². The van der Waals surface area contributed by atoms with E-state index < -0.39 is 35.2 Å². The van der Waals surface area contributed by atoms with Crippen molar-refractivity contribution < 1.29 is 30.3 Å². The van der Waals surface area contributed by atoms with E-state index in [0.717, 1.165) is 12.1 Å². The number of aliphatic hydroxyl groups is 2. The number of carboxylic acid groups (broad SMARTS) is 1. The van der Waals surface area contributed by atoms with Crippen LogP contribution in [0.3, 0.4) is 0 Å². The van der Waals surface area contributed by atoms with E-state index in [4.69, 9.17) is 16.7 Å². The molecule has 0 bridgehead atoms. The number of halogens is 1. The average Bonchev–Trinajstić information content (AvgIpc) is 2.26. The average molecular weight is 263 g/mol. The third-order valence-corrected chi connectivity index (χ3v) is 2.53. The second kappa shape index (κ2) is 5.22. The summed E-state index contributed by atoms with van der Waals surface area (Å²) in [5.41, 5.74) is -0.702. The molecule has 0 heterocycles. The van der Waals surface area contributed by atoms with Crippen LogP contribution in [0, 0.1) is 0 Å². The summed E-state index contributed by atoms with van der Waals surface area (Å²) in [7, 11) is 0. The number of hydrogen-bond acceptors (Lipinski definition) is 5. The molecule has 1 aromatic rings. The first-order valence-electron chi connectivity index (χ1n) is 4.59. The zero-order chi connectivity index (χ0) is 13.2. The number of benzene rings is 1. The first-order valence-corrected chi connectivity index (χ1v) is 5.13. The normalized spacial score (nSPS) is 14.3. The van der Waals surface area contributed by atoms with Gasteiger partial charge >= 0.3 is 5.97 Å². The largest absolute Gasteiger partial charge is 0.507 e. The summed E-state index contributed by atoms with van der Waals surface area (Å²) in [6.07, 6.45) is -2.89. The van der Waals surface area contributed by atoms with Gasteiger partial charge in [-0.1, -0.05) is 0 Å². The van der Waals surface area contributed by atoms with Crippen LogP contribution in [0.2, 0.25) is 0 Å². The van der Waals surface area contributed by atoms with Gasteiger partial charge in [-0.2, -0.15) is 0 Å². The molecule has 17 heavy (non-hydrogen) atoms. The fourth-order valence-corrected chi connectivity index (χ4v) is 1.46. The number of phenols is 2. The molecular weight excluding hydrogens is 252 g/mol. The molecule has 5 N–H and O–H groups in total. The minimum absolute atomic E-state index is 0.214. The SMILES string of the molecule is O=C(O)c1cc(C(O)C(O)CCl)c(O)cc1O. The van der Waals surface area contributed by atoms with Crippen LogP contribution in [0.4, 0.5) is 0 Å². The molecule has 0 spiro atoms. The van der Waals surface area contributed by atoms with Crippen molar-refractivity contribution in [1.82, 2.24) is 0 Å². The van der Waals surface area contributed by atoms with Crippen LogP contribution in [0.5, 0.6) is 11.5 Å². The summed E-state index contributed by atoms with van der Waals surface area (Å²) >= 11 is 5.33. The highest BCUT2D eigenvalue weighted by Crippen LogP contribution is 2.33. The third kappa shape index (κ3) is 2.79. The van der Waals surface area contributed by atoms with Gasteiger partial charge in [-0.25, -0.2) is 4.79 Å². The molecule has 94 valence electrons. The molecule has 2 atom stereocenters. The summed E-state index contributed by atoms with van der Waals surface area (Å²) < 4.78 is 0. The molecule has 0 fully saturated rings. The van der Waals surface area contributed by atoms with Gasteiger partial charge in [0, 0.05) is 11.6 Å². The van der Waals surface area contributed by atoms with Crippen molar-refractivity contribution in [3.05, 3.63) is 23.3 Å². The molecule has 0 aliphatic heterocycles. The lowest BCUT2D eigenvalue weighted by atomic mass is 10.0. The predicted octanol–water partition coefficient (Wildman–Crippen LogP) is 0.429. The summed E-state index contributed by atoms with van der Waals surface area (Å²) in [6, 6.07) is 1.66. The highest BCUT2D eigenvalue weighted by atomic mass is 35.5. The second-order valence-electron chi connectivity index (χ2n) is 3.40. The van der Waals surface area contributed by atoms with Crippen LogP contribution in [0.1, 0.15) is 22.0 Å². The molecule has 0 saturated carbocycles. The Morgan fingerprint density at radius 3 is 2.29 bits per heavy atom. The molecule has 2 unspecified atom stereocenters. The summed E-state index contributed by atoms with van der Waals surface area (Å²) in [6.45, 7) is 0. The quantitative estimate of drug-likeness (QED) is 0.502. The number of carboxylic acids is 1. The van der Waals surface area contributed by atoms with E-state index in [2.05, 4.69) is 0 Å². The number of aromatic hydroxyl groups is 2. The monoisotopic (exact) mass is 262 g/mol. The Balaban J connectivity index is 3.24. The van der Waals surface area contributed by atoms with Gasteiger partial charge in [0.2, 0.25) is 0 Å². The van der Waals surface area contributed by atoms with Gasteiger partial charge in [-0.05, 0) is 6.07 Å². The van der Waals surface area contributed by atoms with E-state index in [0.29, 0.717) is 0 Å². The molecule has 0 amide bonds. The molecule has 1 aromatic carbocycles. The molecule has 0 saturated heterocycles. The standard InChI is InChI=1S/C10H11ClO6/c11-3-8(14)9(15)4-1-5(10(16)17)7(13)2-6(4)12/h1-2,8-9,12-15H,3H2,(H,16,17). The zero-order valence-electron chi connectivity index (χ0n) is 8.54. The third-order valence-electron chi connectivity index (χ3n) is 2.22. The van der Waals surface area contributed by atoms with Crippen LogP contribution in [0.15, 0.2) is 12.1 Å². The lowest BCUT2D eigenvalue weighted by Crippen LogP contribution is -2.20. The highest BCUT2D eigenvalue weighted by molar-refractivity contribution is 6.18. The van der Waals surface area contributed by atoms with Crippen molar-refractivity contribution in [2.45, 2.75) is 12.2 Å². The van der Waals surface area contributed by atoms with E-state index in [1.807, 2.05) is 0 Å².